The normalized spacial score (nSPS) is 11.0. The van der Waals surface area contributed by atoms with E-state index in [1.165, 1.54) is 19.3 Å². The molecular formula is C12H23NO. The van der Waals surface area contributed by atoms with Gasteiger partial charge >= 0.3 is 0 Å². The maximum atomic E-state index is 10.6. The van der Waals surface area contributed by atoms with E-state index in [2.05, 4.69) is 11.9 Å². The predicted molar refractivity (Wildman–Crippen MR) is 62.0 cm³/mol. The molecule has 0 aliphatic heterocycles. The van der Waals surface area contributed by atoms with E-state index in [0.717, 1.165) is 32.2 Å². The van der Waals surface area contributed by atoms with Crippen molar-refractivity contribution in [3.8, 4) is 0 Å². The summed E-state index contributed by atoms with van der Waals surface area (Å²) in [5.74, 6) is 0.311. The first-order valence-electron chi connectivity index (χ1n) is 5.75. The van der Waals surface area contributed by atoms with Crippen LogP contribution in [0.2, 0.25) is 0 Å². The SMILES string of the molecule is CCCC=NCCCCCCC(C)=O. The summed E-state index contributed by atoms with van der Waals surface area (Å²) in [6, 6.07) is 0. The zero-order valence-electron chi connectivity index (χ0n) is 9.59. The number of ketones is 1. The van der Waals surface area contributed by atoms with Crippen LogP contribution in [0.3, 0.4) is 0 Å². The Bertz CT molecular complexity index is 164. The average Bonchev–Trinajstić information content (AvgIpc) is 2.15. The lowest BCUT2D eigenvalue weighted by molar-refractivity contribution is -0.117. The van der Waals surface area contributed by atoms with Crippen LogP contribution in [-0.4, -0.2) is 18.5 Å². The number of hydrogen-bond donors (Lipinski definition) is 0. The largest absolute Gasteiger partial charge is 0.300 e. The van der Waals surface area contributed by atoms with Crippen LogP contribution in [-0.2, 0) is 4.79 Å². The monoisotopic (exact) mass is 197 g/mol. The Kier molecular flexibility index (Phi) is 9.93. The lowest BCUT2D eigenvalue weighted by Crippen LogP contribution is -1.90. The number of carbonyl (C=O) groups excluding carboxylic acids is 1. The molecule has 0 saturated heterocycles. The van der Waals surface area contributed by atoms with Crippen LogP contribution in [0.25, 0.3) is 0 Å². The van der Waals surface area contributed by atoms with E-state index in [1.54, 1.807) is 6.92 Å². The summed E-state index contributed by atoms with van der Waals surface area (Å²) >= 11 is 0. The second-order valence-electron chi connectivity index (χ2n) is 3.74. The van der Waals surface area contributed by atoms with Gasteiger partial charge in [0.05, 0.1) is 0 Å². The summed E-state index contributed by atoms with van der Waals surface area (Å²) in [4.78, 5) is 14.9. The summed E-state index contributed by atoms with van der Waals surface area (Å²) in [6.45, 7) is 4.78. The van der Waals surface area contributed by atoms with Crippen molar-refractivity contribution in [1.29, 1.82) is 0 Å². The fourth-order valence-electron chi connectivity index (χ4n) is 1.24. The van der Waals surface area contributed by atoms with Gasteiger partial charge in [0.2, 0.25) is 0 Å². The quantitative estimate of drug-likeness (QED) is 0.411. The van der Waals surface area contributed by atoms with E-state index in [0.29, 0.717) is 5.78 Å². The minimum absolute atomic E-state index is 0.311. The summed E-state index contributed by atoms with van der Waals surface area (Å²) in [5, 5.41) is 0. The first-order valence-corrected chi connectivity index (χ1v) is 5.75. The van der Waals surface area contributed by atoms with Crippen molar-refractivity contribution in [2.45, 2.75) is 58.8 Å². The third kappa shape index (κ3) is 11.3. The molecule has 0 spiro atoms. The molecule has 0 N–H and O–H groups in total. The van der Waals surface area contributed by atoms with Crippen LogP contribution >= 0.6 is 0 Å². The van der Waals surface area contributed by atoms with E-state index < -0.39 is 0 Å². The molecule has 0 rings (SSSR count). The van der Waals surface area contributed by atoms with Gasteiger partial charge in [0.15, 0.2) is 0 Å². The third-order valence-electron chi connectivity index (χ3n) is 2.11. The zero-order chi connectivity index (χ0) is 10.6. The number of rotatable bonds is 9. The second kappa shape index (κ2) is 10.4. The van der Waals surface area contributed by atoms with Crippen molar-refractivity contribution in [3.63, 3.8) is 0 Å². The molecule has 0 aliphatic rings. The van der Waals surface area contributed by atoms with E-state index in [1.807, 2.05) is 6.21 Å². The highest BCUT2D eigenvalue weighted by atomic mass is 16.1. The van der Waals surface area contributed by atoms with Crippen molar-refractivity contribution >= 4 is 12.0 Å². The van der Waals surface area contributed by atoms with Crippen LogP contribution in [0.4, 0.5) is 0 Å². The van der Waals surface area contributed by atoms with Crippen LogP contribution in [0.5, 0.6) is 0 Å². The molecule has 2 nitrogen and oxygen atoms in total. The van der Waals surface area contributed by atoms with Crippen molar-refractivity contribution < 1.29 is 4.79 Å². The number of nitrogens with zero attached hydrogens (tertiary/aromatic N) is 1. The molecular weight excluding hydrogens is 174 g/mol. The maximum absolute atomic E-state index is 10.6. The molecule has 0 amide bonds. The Labute approximate surface area is 87.8 Å². The van der Waals surface area contributed by atoms with E-state index in [9.17, 15) is 4.79 Å². The van der Waals surface area contributed by atoms with E-state index in [-0.39, 0.29) is 0 Å². The minimum atomic E-state index is 0.311. The first kappa shape index (κ1) is 13.3. The van der Waals surface area contributed by atoms with Crippen molar-refractivity contribution in [1.82, 2.24) is 0 Å². The molecule has 0 aromatic heterocycles. The van der Waals surface area contributed by atoms with Gasteiger partial charge in [0.1, 0.15) is 5.78 Å². The van der Waals surface area contributed by atoms with Gasteiger partial charge in [-0.1, -0.05) is 26.2 Å². The van der Waals surface area contributed by atoms with Gasteiger partial charge in [-0.25, -0.2) is 0 Å². The van der Waals surface area contributed by atoms with Gasteiger partial charge in [0.25, 0.3) is 0 Å². The lowest BCUT2D eigenvalue weighted by Gasteiger charge is -1.97. The number of Topliss-reactive ketones (excluding diaryl/α,β-unsaturated/α-hetero) is 1. The Morgan fingerprint density at radius 1 is 1.21 bits per heavy atom. The van der Waals surface area contributed by atoms with Crippen LogP contribution in [0.1, 0.15) is 58.8 Å². The Morgan fingerprint density at radius 3 is 2.57 bits per heavy atom. The number of carbonyl (C=O) groups is 1. The smallest absolute Gasteiger partial charge is 0.129 e. The van der Waals surface area contributed by atoms with Crippen molar-refractivity contribution in [2.75, 3.05) is 6.54 Å². The van der Waals surface area contributed by atoms with Gasteiger partial charge in [-0.2, -0.15) is 0 Å². The van der Waals surface area contributed by atoms with E-state index >= 15 is 0 Å². The molecule has 0 aliphatic carbocycles. The van der Waals surface area contributed by atoms with Crippen LogP contribution in [0.15, 0.2) is 4.99 Å². The van der Waals surface area contributed by atoms with Gasteiger partial charge in [0, 0.05) is 13.0 Å². The van der Waals surface area contributed by atoms with Gasteiger partial charge in [-0.15, -0.1) is 0 Å². The summed E-state index contributed by atoms with van der Waals surface area (Å²) in [5.41, 5.74) is 0. The Balaban J connectivity index is 3.02. The van der Waals surface area contributed by atoms with E-state index in [4.69, 9.17) is 0 Å². The summed E-state index contributed by atoms with van der Waals surface area (Å²) in [6.07, 6.45) is 9.65. The fourth-order valence-corrected chi connectivity index (χ4v) is 1.24. The van der Waals surface area contributed by atoms with Crippen LogP contribution < -0.4 is 0 Å². The molecule has 0 radical (unpaired) electrons. The molecule has 82 valence electrons. The van der Waals surface area contributed by atoms with Gasteiger partial charge < -0.3 is 4.79 Å². The Morgan fingerprint density at radius 2 is 1.93 bits per heavy atom. The molecule has 2 heteroatoms. The molecule has 0 saturated carbocycles. The van der Waals surface area contributed by atoms with Crippen molar-refractivity contribution in [2.24, 2.45) is 4.99 Å². The number of aliphatic imine (C=N–C) groups is 1. The van der Waals surface area contributed by atoms with Crippen LogP contribution in [0, 0.1) is 0 Å². The zero-order valence-corrected chi connectivity index (χ0v) is 9.59. The van der Waals surface area contributed by atoms with Gasteiger partial charge in [-0.05, 0) is 32.4 Å². The first-order chi connectivity index (χ1) is 6.77. The summed E-state index contributed by atoms with van der Waals surface area (Å²) in [7, 11) is 0. The fraction of sp³-hybridized carbons (Fsp3) is 0.833. The number of hydrogen-bond acceptors (Lipinski definition) is 2. The molecule has 0 heterocycles. The highest BCUT2D eigenvalue weighted by molar-refractivity contribution is 5.75. The highest BCUT2D eigenvalue weighted by Crippen LogP contribution is 2.03. The Hall–Kier alpha value is -0.660. The molecule has 0 atom stereocenters. The third-order valence-corrected chi connectivity index (χ3v) is 2.11. The molecule has 0 unspecified atom stereocenters. The molecule has 14 heavy (non-hydrogen) atoms. The van der Waals surface area contributed by atoms with Crippen molar-refractivity contribution in [3.05, 3.63) is 0 Å². The minimum Gasteiger partial charge on any atom is -0.300 e. The number of unbranched alkanes of at least 4 members (excludes halogenated alkanes) is 4. The molecule has 0 aromatic rings. The average molecular weight is 197 g/mol. The molecule has 0 fully saturated rings. The predicted octanol–water partition coefficient (Wildman–Crippen LogP) is 3.40. The second-order valence-corrected chi connectivity index (χ2v) is 3.74. The topological polar surface area (TPSA) is 29.4 Å². The highest BCUT2D eigenvalue weighted by Gasteiger charge is 1.93. The molecule has 0 bridgehead atoms. The summed E-state index contributed by atoms with van der Waals surface area (Å²) < 4.78 is 0. The molecule has 0 aromatic carbocycles. The standard InChI is InChI=1S/C12H23NO/c1-3-4-10-13-11-8-6-5-7-9-12(2)14/h10H,3-9,11H2,1-2H3. The lowest BCUT2D eigenvalue weighted by atomic mass is 10.1. The maximum Gasteiger partial charge on any atom is 0.129 e. The van der Waals surface area contributed by atoms with Gasteiger partial charge in [-0.3, -0.25) is 4.99 Å².